The monoisotopic (exact) mass is 433 g/mol. The number of fused-ring (bicyclic) bond motifs is 1. The van der Waals surface area contributed by atoms with Crippen molar-refractivity contribution in [3.63, 3.8) is 0 Å². The lowest BCUT2D eigenvalue weighted by atomic mass is 10.1. The largest absolute Gasteiger partial charge is 0.485 e. The van der Waals surface area contributed by atoms with Crippen LogP contribution in [0.25, 0.3) is 0 Å². The smallest absolute Gasteiger partial charge is 0.352 e. The van der Waals surface area contributed by atoms with Crippen LogP contribution >= 0.6 is 11.3 Å². The maximum absolute atomic E-state index is 11.9. The van der Waals surface area contributed by atoms with Crippen molar-refractivity contribution >= 4 is 29.2 Å². The van der Waals surface area contributed by atoms with Crippen molar-refractivity contribution in [2.24, 2.45) is 11.7 Å². The Balaban J connectivity index is 0.000000447. The minimum Gasteiger partial charge on any atom is -0.485 e. The number of aliphatic hydroxyl groups excluding tert-OH is 1. The number of aliphatic carboxylic acids is 1. The van der Waals surface area contributed by atoms with Gasteiger partial charge >= 0.3 is 17.9 Å². The van der Waals surface area contributed by atoms with E-state index in [1.807, 2.05) is 0 Å². The van der Waals surface area contributed by atoms with Crippen molar-refractivity contribution < 1.29 is 43.5 Å². The topological polar surface area (TPSA) is 155 Å². The summed E-state index contributed by atoms with van der Waals surface area (Å²) in [7, 11) is 0. The molecule has 0 aliphatic carbocycles. The van der Waals surface area contributed by atoms with Crippen LogP contribution in [0.1, 0.15) is 47.0 Å². The summed E-state index contributed by atoms with van der Waals surface area (Å²) in [6.07, 6.45) is -0.840. The summed E-state index contributed by atoms with van der Waals surface area (Å²) in [6, 6.07) is -0.713. The Morgan fingerprint density at radius 3 is 1.76 bits per heavy atom. The first-order valence-corrected chi connectivity index (χ1v) is 9.88. The number of rotatable bonds is 6. The lowest BCUT2D eigenvalue weighted by molar-refractivity contribution is -0.139. The minimum atomic E-state index is -0.931. The van der Waals surface area contributed by atoms with E-state index in [0.717, 1.165) is 11.3 Å². The number of hydrogen-bond acceptors (Lipinski definition) is 10. The Bertz CT molecular complexity index is 672. The van der Waals surface area contributed by atoms with Crippen LogP contribution in [0.4, 0.5) is 0 Å². The van der Waals surface area contributed by atoms with Crippen LogP contribution in [0.15, 0.2) is 0 Å². The molecule has 1 aliphatic rings. The normalized spacial score (nSPS) is 14.3. The summed E-state index contributed by atoms with van der Waals surface area (Å²) >= 11 is 0.901. The van der Waals surface area contributed by atoms with Crippen LogP contribution in [-0.2, 0) is 14.3 Å². The maximum Gasteiger partial charge on any atom is 0.352 e. The Morgan fingerprint density at radius 1 is 1.07 bits per heavy atom. The predicted molar refractivity (Wildman–Crippen MR) is 104 cm³/mol. The number of esters is 2. The molecule has 1 aromatic rings. The number of nitrogens with two attached hydrogens (primary N) is 1. The molecule has 0 amide bonds. The van der Waals surface area contributed by atoms with Gasteiger partial charge in [0.2, 0.25) is 0 Å². The lowest BCUT2D eigenvalue weighted by Gasteiger charge is -2.07. The van der Waals surface area contributed by atoms with E-state index in [1.165, 1.54) is 0 Å². The molecular weight excluding hydrogens is 406 g/mol. The van der Waals surface area contributed by atoms with Gasteiger partial charge in [-0.1, -0.05) is 13.8 Å². The van der Waals surface area contributed by atoms with E-state index in [2.05, 4.69) is 0 Å². The van der Waals surface area contributed by atoms with E-state index in [4.69, 9.17) is 29.8 Å². The number of carboxylic acid groups (broad SMARTS) is 1. The molecule has 0 fully saturated rings. The lowest BCUT2D eigenvalue weighted by Crippen LogP contribution is -2.34. The molecule has 2 rings (SSSR count). The van der Waals surface area contributed by atoms with Crippen LogP contribution in [0.5, 0.6) is 11.5 Å². The van der Waals surface area contributed by atoms with Gasteiger partial charge in [0.15, 0.2) is 21.3 Å². The van der Waals surface area contributed by atoms with Crippen LogP contribution in [0.2, 0.25) is 0 Å². The minimum absolute atomic E-state index is 0.0208. The molecule has 0 bridgehead atoms. The molecule has 4 N–H and O–H groups in total. The number of thiophene rings is 1. The Kier molecular flexibility index (Phi) is 9.86. The summed E-state index contributed by atoms with van der Waals surface area (Å²) in [6.45, 7) is 7.25. The summed E-state index contributed by atoms with van der Waals surface area (Å²) in [5.41, 5.74) is 5.16. The number of carbonyl (C=O) groups is 3. The van der Waals surface area contributed by atoms with Crippen molar-refractivity contribution in [1.82, 2.24) is 0 Å². The molecule has 0 saturated carbocycles. The SMILES string of the molecule is CC(C)[C@H](N)C(=O)O.CCOC(=O)c1sc(C(=O)OCC)c2c1OCC(O)CO2. The van der Waals surface area contributed by atoms with Crippen molar-refractivity contribution in [2.45, 2.75) is 39.8 Å². The Morgan fingerprint density at radius 2 is 1.48 bits per heavy atom. The zero-order valence-corrected chi connectivity index (χ0v) is 17.6. The van der Waals surface area contributed by atoms with E-state index in [1.54, 1.807) is 27.7 Å². The van der Waals surface area contributed by atoms with E-state index in [-0.39, 0.29) is 53.6 Å². The summed E-state index contributed by atoms with van der Waals surface area (Å²) in [5.74, 6) is -1.87. The third kappa shape index (κ3) is 6.87. The average Bonchev–Trinajstić information content (AvgIpc) is 2.92. The highest BCUT2D eigenvalue weighted by molar-refractivity contribution is 7.16. The highest BCUT2D eigenvalue weighted by atomic mass is 32.1. The van der Waals surface area contributed by atoms with Gasteiger partial charge in [0, 0.05) is 0 Å². The number of carbonyl (C=O) groups excluding carboxylic acids is 2. The molecule has 2 heterocycles. The van der Waals surface area contributed by atoms with E-state index in [0.29, 0.717) is 0 Å². The van der Waals surface area contributed by atoms with Crippen molar-refractivity contribution in [3.05, 3.63) is 9.75 Å². The molecule has 1 aromatic heterocycles. The number of carboxylic acids is 1. The second-order valence-corrected chi connectivity index (χ2v) is 7.26. The zero-order chi connectivity index (χ0) is 22.1. The fourth-order valence-electron chi connectivity index (χ4n) is 2.02. The summed E-state index contributed by atoms with van der Waals surface area (Å²) in [5, 5.41) is 17.8. The highest BCUT2D eigenvalue weighted by Crippen LogP contribution is 2.44. The fraction of sp³-hybridized carbons (Fsp3) is 0.611. The maximum atomic E-state index is 11.9. The third-order valence-corrected chi connectivity index (χ3v) is 4.70. The Hall–Kier alpha value is -2.37. The quantitative estimate of drug-likeness (QED) is 0.559. The van der Waals surface area contributed by atoms with Crippen molar-refractivity contribution in [2.75, 3.05) is 26.4 Å². The second kappa shape index (κ2) is 11.6. The van der Waals surface area contributed by atoms with Crippen LogP contribution in [0.3, 0.4) is 0 Å². The predicted octanol–water partition coefficient (Wildman–Crippen LogP) is 1.29. The molecule has 10 nitrogen and oxygen atoms in total. The highest BCUT2D eigenvalue weighted by Gasteiger charge is 2.33. The van der Waals surface area contributed by atoms with Crippen molar-refractivity contribution in [3.8, 4) is 11.5 Å². The van der Waals surface area contributed by atoms with Gasteiger partial charge in [-0.2, -0.15) is 0 Å². The third-order valence-electron chi connectivity index (χ3n) is 3.59. The number of aliphatic hydroxyl groups is 1. The van der Waals surface area contributed by atoms with E-state index >= 15 is 0 Å². The first kappa shape index (κ1) is 24.7. The molecule has 0 aromatic carbocycles. The molecule has 29 heavy (non-hydrogen) atoms. The molecule has 0 saturated heterocycles. The first-order chi connectivity index (χ1) is 13.6. The van der Waals surface area contributed by atoms with Crippen molar-refractivity contribution in [1.29, 1.82) is 0 Å². The number of ether oxygens (including phenoxy) is 4. The number of hydrogen-bond donors (Lipinski definition) is 3. The van der Waals surface area contributed by atoms with Gasteiger partial charge in [-0.05, 0) is 19.8 Å². The second-order valence-electron chi connectivity index (χ2n) is 6.24. The molecular formula is C18H27NO9S. The average molecular weight is 433 g/mol. The van der Waals surface area contributed by atoms with E-state index < -0.39 is 30.1 Å². The summed E-state index contributed by atoms with van der Waals surface area (Å²) in [4.78, 5) is 34.2. The summed E-state index contributed by atoms with van der Waals surface area (Å²) < 4.78 is 20.7. The molecule has 0 radical (unpaired) electrons. The molecule has 1 aliphatic heterocycles. The molecule has 1 atom stereocenters. The first-order valence-electron chi connectivity index (χ1n) is 9.06. The van der Waals surface area contributed by atoms with Crippen LogP contribution in [-0.4, -0.2) is 66.7 Å². The molecule has 164 valence electrons. The Labute approximate surface area is 172 Å². The van der Waals surface area contributed by atoms with Gasteiger partial charge < -0.3 is 34.9 Å². The molecule has 0 unspecified atom stereocenters. The van der Waals surface area contributed by atoms with Crippen LogP contribution < -0.4 is 15.2 Å². The molecule has 11 heteroatoms. The van der Waals surface area contributed by atoms with Gasteiger partial charge in [0.1, 0.15) is 25.4 Å². The standard InChI is InChI=1S/C13H16O7S.C5H11NO2/c1-3-17-12(15)10-8-9(20-6-7(14)5-19-8)11(21-10)13(16)18-4-2;1-3(2)4(6)5(7)8/h7,14H,3-6H2,1-2H3;3-4H,6H2,1-2H3,(H,7,8)/t;4-/m.0/s1. The molecule has 0 spiro atoms. The van der Waals surface area contributed by atoms with Gasteiger partial charge in [0.25, 0.3) is 0 Å². The van der Waals surface area contributed by atoms with Gasteiger partial charge in [-0.25, -0.2) is 9.59 Å². The van der Waals surface area contributed by atoms with Gasteiger partial charge in [-0.15, -0.1) is 11.3 Å². The van der Waals surface area contributed by atoms with E-state index in [9.17, 15) is 19.5 Å². The fourth-order valence-corrected chi connectivity index (χ4v) is 2.99. The zero-order valence-electron chi connectivity index (χ0n) is 16.8. The van der Waals surface area contributed by atoms with Crippen LogP contribution in [0, 0.1) is 5.92 Å². The van der Waals surface area contributed by atoms with Gasteiger partial charge in [0.05, 0.1) is 13.2 Å². The van der Waals surface area contributed by atoms with Gasteiger partial charge in [-0.3, -0.25) is 4.79 Å².